The van der Waals surface area contributed by atoms with Gasteiger partial charge in [-0.1, -0.05) is 0 Å². The number of aromatic nitrogens is 1. The number of hydrogen-bond donors (Lipinski definition) is 1. The van der Waals surface area contributed by atoms with Gasteiger partial charge >= 0.3 is 5.97 Å². The highest BCUT2D eigenvalue weighted by Gasteiger charge is 2.14. The number of esters is 1. The molecule has 5 heteroatoms. The van der Waals surface area contributed by atoms with Crippen LogP contribution in [0.25, 0.3) is 0 Å². The van der Waals surface area contributed by atoms with E-state index in [9.17, 15) is 4.79 Å². The lowest BCUT2D eigenvalue weighted by Gasteiger charge is -2.06. The van der Waals surface area contributed by atoms with Gasteiger partial charge in [-0.3, -0.25) is 0 Å². The lowest BCUT2D eigenvalue weighted by Crippen LogP contribution is -2.08. The third kappa shape index (κ3) is 2.12. The van der Waals surface area contributed by atoms with Crippen LogP contribution in [0.2, 0.25) is 0 Å². The van der Waals surface area contributed by atoms with Crippen molar-refractivity contribution < 1.29 is 14.3 Å². The van der Waals surface area contributed by atoms with Crippen molar-refractivity contribution in [3.63, 3.8) is 0 Å². The van der Waals surface area contributed by atoms with E-state index in [-0.39, 0.29) is 11.4 Å². The van der Waals surface area contributed by atoms with E-state index >= 15 is 0 Å². The van der Waals surface area contributed by atoms with Gasteiger partial charge in [0.25, 0.3) is 0 Å². The second kappa shape index (κ2) is 4.45. The van der Waals surface area contributed by atoms with Gasteiger partial charge in [0, 0.05) is 0 Å². The molecule has 0 amide bonds. The number of ether oxygens (including phenoxy) is 2. The van der Waals surface area contributed by atoms with Crippen molar-refractivity contribution in [3.05, 3.63) is 17.8 Å². The van der Waals surface area contributed by atoms with E-state index in [0.29, 0.717) is 12.3 Å². The zero-order valence-corrected chi connectivity index (χ0v) is 8.11. The van der Waals surface area contributed by atoms with Gasteiger partial charge in [-0.15, -0.1) is 0 Å². The number of hydrogen-bond acceptors (Lipinski definition) is 5. The number of nitrogens with two attached hydrogens (primary N) is 1. The van der Waals surface area contributed by atoms with Crippen molar-refractivity contribution in [1.29, 1.82) is 0 Å². The van der Waals surface area contributed by atoms with Crippen LogP contribution in [-0.2, 0) is 4.74 Å². The lowest BCUT2D eigenvalue weighted by atomic mass is 10.2. The molecule has 1 heterocycles. The Balaban J connectivity index is 3.03. The molecule has 1 aromatic rings. The van der Waals surface area contributed by atoms with E-state index in [1.165, 1.54) is 19.4 Å². The van der Waals surface area contributed by atoms with Crippen LogP contribution in [0.3, 0.4) is 0 Å². The summed E-state index contributed by atoms with van der Waals surface area (Å²) in [5.41, 5.74) is 6.13. The molecule has 0 aromatic carbocycles. The van der Waals surface area contributed by atoms with Crippen molar-refractivity contribution in [2.45, 2.75) is 6.92 Å². The van der Waals surface area contributed by atoms with Crippen LogP contribution in [-0.4, -0.2) is 24.7 Å². The average Bonchev–Trinajstić information content (AvgIpc) is 2.18. The largest absolute Gasteiger partial charge is 0.480 e. The third-order valence-corrected chi connectivity index (χ3v) is 1.56. The first kappa shape index (κ1) is 10.3. The molecule has 5 nitrogen and oxygen atoms in total. The number of pyridine rings is 1. The van der Waals surface area contributed by atoms with Crippen LogP contribution in [0, 0.1) is 0 Å². The van der Waals surface area contributed by atoms with E-state index in [1.807, 2.05) is 0 Å². The molecule has 1 aromatic heterocycles. The molecule has 0 unspecified atom stereocenters. The number of carbonyl (C=O) groups is 1. The second-order valence-electron chi connectivity index (χ2n) is 2.55. The van der Waals surface area contributed by atoms with Crippen LogP contribution in [0.4, 0.5) is 5.69 Å². The summed E-state index contributed by atoms with van der Waals surface area (Å²) in [6, 6.07) is 1.48. The average molecular weight is 196 g/mol. The number of nitrogen functional groups attached to an aromatic ring is 1. The Kier molecular flexibility index (Phi) is 3.28. The van der Waals surface area contributed by atoms with Crippen LogP contribution in [0.5, 0.6) is 5.88 Å². The van der Waals surface area contributed by atoms with Gasteiger partial charge in [0.05, 0.1) is 25.6 Å². The van der Waals surface area contributed by atoms with Crippen LogP contribution >= 0.6 is 0 Å². The molecular formula is C9H12N2O3. The zero-order chi connectivity index (χ0) is 10.6. The predicted octanol–water partition coefficient (Wildman–Crippen LogP) is 0.849. The fourth-order valence-electron chi connectivity index (χ4n) is 0.986. The maximum atomic E-state index is 11.4. The Hall–Kier alpha value is -1.78. The first-order valence-electron chi connectivity index (χ1n) is 4.15. The molecule has 1 rings (SSSR count). The molecule has 2 N–H and O–H groups in total. The number of methoxy groups -OCH3 is 1. The fourth-order valence-corrected chi connectivity index (χ4v) is 0.986. The minimum absolute atomic E-state index is 0.220. The summed E-state index contributed by atoms with van der Waals surface area (Å²) >= 11 is 0. The summed E-state index contributed by atoms with van der Waals surface area (Å²) in [4.78, 5) is 15.2. The van der Waals surface area contributed by atoms with Gasteiger partial charge in [0.2, 0.25) is 5.88 Å². The van der Waals surface area contributed by atoms with Gasteiger partial charge in [0.15, 0.2) is 0 Å². The summed E-state index contributed by atoms with van der Waals surface area (Å²) < 4.78 is 9.71. The molecular weight excluding hydrogens is 184 g/mol. The maximum Gasteiger partial charge on any atom is 0.343 e. The van der Waals surface area contributed by atoms with E-state index in [4.69, 9.17) is 15.2 Å². The van der Waals surface area contributed by atoms with Crippen LogP contribution < -0.4 is 10.5 Å². The first-order valence-corrected chi connectivity index (χ1v) is 4.15. The van der Waals surface area contributed by atoms with Crippen LogP contribution in [0.15, 0.2) is 12.3 Å². The topological polar surface area (TPSA) is 74.4 Å². The van der Waals surface area contributed by atoms with Crippen molar-refractivity contribution in [3.8, 4) is 5.88 Å². The molecule has 0 radical (unpaired) electrons. The van der Waals surface area contributed by atoms with E-state index < -0.39 is 5.97 Å². The molecule has 0 aliphatic rings. The summed E-state index contributed by atoms with van der Waals surface area (Å²) in [7, 11) is 1.43. The maximum absolute atomic E-state index is 11.4. The number of nitrogens with zero attached hydrogens (tertiary/aromatic N) is 1. The highest BCUT2D eigenvalue weighted by atomic mass is 16.5. The number of rotatable bonds is 3. The van der Waals surface area contributed by atoms with E-state index in [0.717, 1.165) is 0 Å². The smallest absolute Gasteiger partial charge is 0.343 e. The van der Waals surface area contributed by atoms with Gasteiger partial charge in [0.1, 0.15) is 5.56 Å². The second-order valence-corrected chi connectivity index (χ2v) is 2.55. The Bertz CT molecular complexity index is 339. The van der Waals surface area contributed by atoms with Crippen LogP contribution in [0.1, 0.15) is 17.3 Å². The molecule has 0 aliphatic heterocycles. The Morgan fingerprint density at radius 1 is 1.64 bits per heavy atom. The normalized spacial score (nSPS) is 9.57. The zero-order valence-electron chi connectivity index (χ0n) is 8.11. The molecule has 0 bridgehead atoms. The molecule has 76 valence electrons. The summed E-state index contributed by atoms with van der Waals surface area (Å²) in [5.74, 6) is -0.262. The number of carbonyl (C=O) groups excluding carboxylic acids is 1. The molecule has 0 saturated carbocycles. The van der Waals surface area contributed by atoms with Crippen molar-refractivity contribution in [2.75, 3.05) is 19.5 Å². The van der Waals surface area contributed by atoms with Gasteiger partial charge in [-0.25, -0.2) is 9.78 Å². The molecule has 0 spiro atoms. The Morgan fingerprint density at radius 2 is 2.36 bits per heavy atom. The third-order valence-electron chi connectivity index (χ3n) is 1.56. The summed E-state index contributed by atoms with van der Waals surface area (Å²) in [6.45, 7) is 2.03. The van der Waals surface area contributed by atoms with Crippen molar-refractivity contribution in [1.82, 2.24) is 4.98 Å². The molecule has 14 heavy (non-hydrogen) atoms. The molecule has 0 saturated heterocycles. The van der Waals surface area contributed by atoms with Crippen molar-refractivity contribution in [2.24, 2.45) is 0 Å². The Morgan fingerprint density at radius 3 is 2.93 bits per heavy atom. The molecule has 0 fully saturated rings. The fraction of sp³-hybridized carbons (Fsp3) is 0.333. The van der Waals surface area contributed by atoms with Gasteiger partial charge in [-0.05, 0) is 13.0 Å². The predicted molar refractivity (Wildman–Crippen MR) is 51.2 cm³/mol. The van der Waals surface area contributed by atoms with E-state index in [2.05, 4.69) is 4.98 Å². The monoisotopic (exact) mass is 196 g/mol. The lowest BCUT2D eigenvalue weighted by molar-refractivity contribution is 0.0522. The highest BCUT2D eigenvalue weighted by molar-refractivity contribution is 5.92. The minimum atomic E-state index is -0.482. The number of anilines is 1. The summed E-state index contributed by atoms with van der Waals surface area (Å²) in [5, 5.41) is 0. The van der Waals surface area contributed by atoms with E-state index in [1.54, 1.807) is 6.92 Å². The first-order chi connectivity index (χ1) is 6.69. The van der Waals surface area contributed by atoms with Crippen molar-refractivity contribution >= 4 is 11.7 Å². The standard InChI is InChI=1S/C9H12N2O3/c1-3-14-9(12)7-4-6(10)5-11-8(7)13-2/h4-5H,3,10H2,1-2H3. The van der Waals surface area contributed by atoms with Gasteiger partial charge < -0.3 is 15.2 Å². The quantitative estimate of drug-likeness (QED) is 0.725. The Labute approximate surface area is 81.8 Å². The summed E-state index contributed by atoms with van der Waals surface area (Å²) in [6.07, 6.45) is 1.42. The van der Waals surface area contributed by atoms with Gasteiger partial charge in [-0.2, -0.15) is 0 Å². The minimum Gasteiger partial charge on any atom is -0.480 e. The SMILES string of the molecule is CCOC(=O)c1cc(N)cnc1OC. The highest BCUT2D eigenvalue weighted by Crippen LogP contribution is 2.18. The molecule has 0 aliphatic carbocycles. The molecule has 0 atom stereocenters.